The quantitative estimate of drug-likeness (QED) is 0.513. The summed E-state index contributed by atoms with van der Waals surface area (Å²) in [6.07, 6.45) is 0. The average molecular weight is 451 g/mol. The number of hydrogen-bond donors (Lipinski definition) is 0. The Hall–Kier alpha value is -2.36. The maximum atomic E-state index is 14.4. The molecule has 9 heteroatoms. The van der Waals surface area contributed by atoms with Crippen LogP contribution in [0.25, 0.3) is 10.2 Å². The number of halogens is 1. The highest BCUT2D eigenvalue weighted by Gasteiger charge is 2.20. The first-order valence-corrected chi connectivity index (χ1v) is 11.9. The van der Waals surface area contributed by atoms with Gasteiger partial charge in [-0.05, 0) is 51.1 Å². The highest BCUT2D eigenvalue weighted by atomic mass is 32.2. The Kier molecular flexibility index (Phi) is 6.84. The summed E-state index contributed by atoms with van der Waals surface area (Å²) in [5.41, 5.74) is 0.524. The van der Waals surface area contributed by atoms with Crippen LogP contribution in [0.15, 0.2) is 52.4 Å². The van der Waals surface area contributed by atoms with Crippen LogP contribution >= 0.6 is 11.3 Å². The van der Waals surface area contributed by atoms with Gasteiger partial charge in [0, 0.05) is 18.7 Å². The van der Waals surface area contributed by atoms with Crippen molar-refractivity contribution in [2.45, 2.75) is 37.5 Å². The minimum Gasteiger partial charge on any atom is -0.380 e. The third-order valence-electron chi connectivity index (χ3n) is 4.54. The van der Waals surface area contributed by atoms with Crippen molar-refractivity contribution >= 4 is 37.3 Å². The summed E-state index contributed by atoms with van der Waals surface area (Å²) in [5, 5.41) is -0.605. The fourth-order valence-corrected chi connectivity index (χ4v) is 5.08. The molecule has 3 rings (SSSR count). The molecule has 0 atom stereocenters. The van der Waals surface area contributed by atoms with Gasteiger partial charge in [0.05, 0.1) is 27.0 Å². The molecule has 0 bridgehead atoms. The lowest BCUT2D eigenvalue weighted by atomic mass is 10.2. The summed E-state index contributed by atoms with van der Waals surface area (Å²) in [5.74, 6) is -0.993. The van der Waals surface area contributed by atoms with Crippen LogP contribution in [0.1, 0.15) is 31.1 Å². The molecule has 160 valence electrons. The SMILES string of the molecule is CCOCCn1c(=NC(=O)c2cccc(S(=O)(=O)C(C)C)c2)sc2cccc(F)c21. The van der Waals surface area contributed by atoms with E-state index in [1.807, 2.05) is 6.92 Å². The molecule has 0 radical (unpaired) electrons. The van der Waals surface area contributed by atoms with Crippen molar-refractivity contribution in [3.05, 3.63) is 58.6 Å². The van der Waals surface area contributed by atoms with E-state index in [2.05, 4.69) is 4.99 Å². The van der Waals surface area contributed by atoms with E-state index in [4.69, 9.17) is 4.74 Å². The normalized spacial score (nSPS) is 12.8. The van der Waals surface area contributed by atoms with Crippen molar-refractivity contribution in [2.24, 2.45) is 4.99 Å². The molecule has 1 aromatic heterocycles. The van der Waals surface area contributed by atoms with Gasteiger partial charge in [-0.3, -0.25) is 4.79 Å². The molecule has 3 aromatic rings. The summed E-state index contributed by atoms with van der Waals surface area (Å²) in [6.45, 7) is 6.24. The van der Waals surface area contributed by atoms with Gasteiger partial charge in [0.25, 0.3) is 5.91 Å². The van der Waals surface area contributed by atoms with E-state index >= 15 is 0 Å². The first kappa shape index (κ1) is 22.3. The molecule has 0 fully saturated rings. The van der Waals surface area contributed by atoms with Gasteiger partial charge in [-0.15, -0.1) is 0 Å². The minimum absolute atomic E-state index is 0.0742. The monoisotopic (exact) mass is 450 g/mol. The van der Waals surface area contributed by atoms with E-state index < -0.39 is 26.8 Å². The van der Waals surface area contributed by atoms with Crippen molar-refractivity contribution in [3.8, 4) is 0 Å². The largest absolute Gasteiger partial charge is 0.380 e. The van der Waals surface area contributed by atoms with E-state index in [-0.39, 0.29) is 10.5 Å². The number of amides is 1. The average Bonchev–Trinajstić information content (AvgIpc) is 3.06. The van der Waals surface area contributed by atoms with Crippen LogP contribution in [0.2, 0.25) is 0 Å². The number of benzene rings is 2. The zero-order valence-corrected chi connectivity index (χ0v) is 18.6. The number of thiazole rings is 1. The summed E-state index contributed by atoms with van der Waals surface area (Å²) >= 11 is 1.20. The fraction of sp³-hybridized carbons (Fsp3) is 0.333. The van der Waals surface area contributed by atoms with E-state index in [9.17, 15) is 17.6 Å². The Bertz CT molecular complexity index is 1240. The van der Waals surface area contributed by atoms with E-state index in [0.29, 0.717) is 34.8 Å². The molecule has 0 N–H and O–H groups in total. The van der Waals surface area contributed by atoms with Gasteiger partial charge in [-0.25, -0.2) is 12.8 Å². The highest BCUT2D eigenvalue weighted by molar-refractivity contribution is 7.92. The van der Waals surface area contributed by atoms with Gasteiger partial charge < -0.3 is 9.30 Å². The second kappa shape index (κ2) is 9.20. The number of nitrogens with zero attached hydrogens (tertiary/aromatic N) is 2. The molecular formula is C21H23FN2O4S2. The second-order valence-corrected chi connectivity index (χ2v) is 10.4. The molecule has 0 saturated carbocycles. The molecule has 1 amide bonds. The summed E-state index contributed by atoms with van der Waals surface area (Å²) in [7, 11) is -3.52. The van der Waals surface area contributed by atoms with Crippen LogP contribution in [-0.2, 0) is 21.1 Å². The van der Waals surface area contributed by atoms with E-state index in [1.54, 1.807) is 30.5 Å². The lowest BCUT2D eigenvalue weighted by Crippen LogP contribution is -2.20. The van der Waals surface area contributed by atoms with Crippen molar-refractivity contribution < 1.29 is 22.3 Å². The van der Waals surface area contributed by atoms with Crippen molar-refractivity contribution in [1.29, 1.82) is 0 Å². The van der Waals surface area contributed by atoms with Crippen LogP contribution in [0.3, 0.4) is 0 Å². The van der Waals surface area contributed by atoms with Gasteiger partial charge in [-0.2, -0.15) is 4.99 Å². The Morgan fingerprint density at radius 2 is 1.97 bits per heavy atom. The summed E-state index contributed by atoms with van der Waals surface area (Å²) in [4.78, 5) is 17.4. The number of rotatable bonds is 7. The molecule has 0 saturated heterocycles. The molecule has 0 aliphatic carbocycles. The third-order valence-corrected chi connectivity index (χ3v) is 7.74. The van der Waals surface area contributed by atoms with Gasteiger partial charge in [-0.1, -0.05) is 23.5 Å². The highest BCUT2D eigenvalue weighted by Crippen LogP contribution is 2.21. The van der Waals surface area contributed by atoms with Gasteiger partial charge >= 0.3 is 0 Å². The lowest BCUT2D eigenvalue weighted by molar-refractivity contribution is 0.0996. The van der Waals surface area contributed by atoms with Crippen LogP contribution in [0.5, 0.6) is 0 Å². The maximum Gasteiger partial charge on any atom is 0.279 e. The van der Waals surface area contributed by atoms with Crippen LogP contribution < -0.4 is 4.80 Å². The number of aromatic nitrogens is 1. The Morgan fingerprint density at radius 3 is 2.67 bits per heavy atom. The Morgan fingerprint density at radius 1 is 1.23 bits per heavy atom. The van der Waals surface area contributed by atoms with Crippen LogP contribution in [0.4, 0.5) is 4.39 Å². The predicted octanol–water partition coefficient (Wildman–Crippen LogP) is 3.80. The maximum absolute atomic E-state index is 14.4. The Balaban J connectivity index is 2.08. The number of sulfone groups is 1. The van der Waals surface area contributed by atoms with E-state index in [1.165, 1.54) is 41.7 Å². The minimum atomic E-state index is -3.52. The molecule has 0 spiro atoms. The van der Waals surface area contributed by atoms with Crippen molar-refractivity contribution in [1.82, 2.24) is 4.57 Å². The molecule has 0 unspecified atom stereocenters. The standard InChI is InChI=1S/C21H23FN2O4S2/c1-4-28-12-11-24-19-17(22)9-6-10-18(19)29-21(24)23-20(25)15-7-5-8-16(13-15)30(26,27)14(2)3/h5-10,13-14H,4,11-12H2,1-3H3. The van der Waals surface area contributed by atoms with Crippen LogP contribution in [0, 0.1) is 5.82 Å². The van der Waals surface area contributed by atoms with Gasteiger partial charge in [0.2, 0.25) is 0 Å². The van der Waals surface area contributed by atoms with Gasteiger partial charge in [0.15, 0.2) is 14.6 Å². The zero-order valence-electron chi connectivity index (χ0n) is 17.0. The van der Waals surface area contributed by atoms with Gasteiger partial charge in [0.1, 0.15) is 5.82 Å². The number of para-hydroxylation sites is 1. The van der Waals surface area contributed by atoms with Crippen LogP contribution in [-0.4, -0.2) is 37.4 Å². The molecule has 30 heavy (non-hydrogen) atoms. The topological polar surface area (TPSA) is 77.7 Å². The summed E-state index contributed by atoms with van der Waals surface area (Å²) in [6, 6.07) is 10.6. The number of carbonyl (C=O) groups excluding carboxylic acids is 1. The van der Waals surface area contributed by atoms with Crippen molar-refractivity contribution in [2.75, 3.05) is 13.2 Å². The summed E-state index contributed by atoms with van der Waals surface area (Å²) < 4.78 is 47.0. The first-order valence-electron chi connectivity index (χ1n) is 9.54. The number of ether oxygens (including phenoxy) is 1. The lowest BCUT2D eigenvalue weighted by Gasteiger charge is -2.08. The molecule has 0 aliphatic heterocycles. The number of carbonyl (C=O) groups is 1. The smallest absolute Gasteiger partial charge is 0.279 e. The first-order chi connectivity index (χ1) is 14.3. The Labute approximate surface area is 178 Å². The molecule has 6 nitrogen and oxygen atoms in total. The molecule has 1 heterocycles. The molecule has 0 aliphatic rings. The fourth-order valence-electron chi connectivity index (χ4n) is 2.91. The zero-order chi connectivity index (χ0) is 21.9. The number of fused-ring (bicyclic) bond motifs is 1. The molecule has 2 aromatic carbocycles. The second-order valence-electron chi connectivity index (χ2n) is 6.86. The number of hydrogen-bond acceptors (Lipinski definition) is 5. The molecular weight excluding hydrogens is 427 g/mol. The van der Waals surface area contributed by atoms with E-state index in [0.717, 1.165) is 0 Å². The predicted molar refractivity (Wildman–Crippen MR) is 115 cm³/mol. The van der Waals surface area contributed by atoms with Crippen molar-refractivity contribution in [3.63, 3.8) is 0 Å². The third kappa shape index (κ3) is 4.53.